The van der Waals surface area contributed by atoms with Crippen molar-refractivity contribution in [3.05, 3.63) is 0 Å². The largest absolute Gasteiger partial charge is 0.383 e. The summed E-state index contributed by atoms with van der Waals surface area (Å²) in [5, 5.41) is 12.7. The van der Waals surface area contributed by atoms with Crippen molar-refractivity contribution < 1.29 is 4.74 Å². The molecule has 1 unspecified atom stereocenters. The van der Waals surface area contributed by atoms with Crippen molar-refractivity contribution in [1.82, 2.24) is 10.2 Å². The first-order chi connectivity index (χ1) is 8.00. The Labute approximate surface area is 105 Å². The highest BCUT2D eigenvalue weighted by molar-refractivity contribution is 5.07. The molecule has 1 N–H and O–H groups in total. The van der Waals surface area contributed by atoms with Crippen molar-refractivity contribution >= 4 is 0 Å². The van der Waals surface area contributed by atoms with E-state index in [1.165, 1.54) is 12.8 Å². The first-order valence-electron chi connectivity index (χ1n) is 6.42. The minimum absolute atomic E-state index is 0.322. The highest BCUT2D eigenvalue weighted by Gasteiger charge is 2.35. The van der Waals surface area contributed by atoms with Crippen LogP contribution in [-0.2, 0) is 4.74 Å². The van der Waals surface area contributed by atoms with Crippen LogP contribution in [0, 0.1) is 11.3 Å². The number of nitriles is 1. The molecule has 1 atom stereocenters. The number of methoxy groups -OCH3 is 1. The van der Waals surface area contributed by atoms with Crippen molar-refractivity contribution in [1.29, 1.82) is 5.26 Å². The van der Waals surface area contributed by atoms with Crippen molar-refractivity contribution in [2.24, 2.45) is 0 Å². The van der Waals surface area contributed by atoms with E-state index in [4.69, 9.17) is 4.74 Å². The van der Waals surface area contributed by atoms with Crippen LogP contribution in [0.5, 0.6) is 0 Å². The van der Waals surface area contributed by atoms with Crippen molar-refractivity contribution in [2.45, 2.75) is 51.2 Å². The molecule has 0 bridgehead atoms. The van der Waals surface area contributed by atoms with Gasteiger partial charge in [-0.05, 0) is 33.6 Å². The topological polar surface area (TPSA) is 48.3 Å². The molecule has 0 amide bonds. The number of hydrogen-bond acceptors (Lipinski definition) is 4. The van der Waals surface area contributed by atoms with Gasteiger partial charge < -0.3 is 4.74 Å². The standard InChI is InChI=1S/C13H25N3O/c1-11(2)15-13(3,9-14)10-16(7-8-17-4)12-5-6-12/h11-12,15H,5-8,10H2,1-4H3. The molecule has 1 fully saturated rings. The van der Waals surface area contributed by atoms with Crippen LogP contribution in [0.2, 0.25) is 0 Å². The molecule has 4 heteroatoms. The van der Waals surface area contributed by atoms with E-state index >= 15 is 0 Å². The molecule has 4 nitrogen and oxygen atoms in total. The van der Waals surface area contributed by atoms with E-state index in [9.17, 15) is 5.26 Å². The van der Waals surface area contributed by atoms with Crippen LogP contribution in [0.4, 0.5) is 0 Å². The molecule has 0 heterocycles. The van der Waals surface area contributed by atoms with Gasteiger partial charge in [-0.1, -0.05) is 0 Å². The van der Waals surface area contributed by atoms with E-state index in [2.05, 4.69) is 30.1 Å². The van der Waals surface area contributed by atoms with Crippen molar-refractivity contribution in [3.63, 3.8) is 0 Å². The zero-order valence-electron chi connectivity index (χ0n) is 11.5. The molecule has 0 saturated heterocycles. The SMILES string of the molecule is COCCN(CC(C)(C#N)NC(C)C)C1CC1. The van der Waals surface area contributed by atoms with E-state index in [0.717, 1.165) is 19.7 Å². The van der Waals surface area contributed by atoms with Gasteiger partial charge in [0.1, 0.15) is 5.54 Å². The normalized spacial score (nSPS) is 19.4. The van der Waals surface area contributed by atoms with Gasteiger partial charge in [0.05, 0.1) is 12.7 Å². The van der Waals surface area contributed by atoms with Gasteiger partial charge in [0, 0.05) is 32.3 Å². The van der Waals surface area contributed by atoms with Crippen LogP contribution >= 0.6 is 0 Å². The second-order valence-corrected chi connectivity index (χ2v) is 5.44. The number of rotatable bonds is 8. The highest BCUT2D eigenvalue weighted by Crippen LogP contribution is 2.27. The lowest BCUT2D eigenvalue weighted by atomic mass is 10.0. The summed E-state index contributed by atoms with van der Waals surface area (Å²) in [6.45, 7) is 8.56. The summed E-state index contributed by atoms with van der Waals surface area (Å²) in [4.78, 5) is 2.38. The van der Waals surface area contributed by atoms with Crippen LogP contribution in [0.1, 0.15) is 33.6 Å². The summed E-state index contributed by atoms with van der Waals surface area (Å²) in [6, 6.07) is 3.39. The Hall–Kier alpha value is -0.630. The van der Waals surface area contributed by atoms with Gasteiger partial charge >= 0.3 is 0 Å². The molecule has 17 heavy (non-hydrogen) atoms. The molecule has 0 spiro atoms. The van der Waals surface area contributed by atoms with Crippen LogP contribution < -0.4 is 5.32 Å². The molecule has 0 aromatic carbocycles. The van der Waals surface area contributed by atoms with E-state index < -0.39 is 5.54 Å². The fourth-order valence-corrected chi connectivity index (χ4v) is 2.20. The van der Waals surface area contributed by atoms with E-state index in [-0.39, 0.29) is 0 Å². The molecule has 1 aliphatic carbocycles. The minimum Gasteiger partial charge on any atom is -0.383 e. The predicted octanol–water partition coefficient (Wildman–Crippen LogP) is 1.38. The monoisotopic (exact) mass is 239 g/mol. The number of ether oxygens (including phenoxy) is 1. The maximum absolute atomic E-state index is 9.34. The first-order valence-corrected chi connectivity index (χ1v) is 6.42. The third-order valence-corrected chi connectivity index (χ3v) is 3.02. The Morgan fingerprint density at radius 2 is 2.18 bits per heavy atom. The fourth-order valence-electron chi connectivity index (χ4n) is 2.20. The molecule has 0 aromatic rings. The van der Waals surface area contributed by atoms with E-state index in [1.807, 2.05) is 6.92 Å². The third-order valence-electron chi connectivity index (χ3n) is 3.02. The first kappa shape index (κ1) is 14.4. The Morgan fingerprint density at radius 3 is 2.59 bits per heavy atom. The van der Waals surface area contributed by atoms with Gasteiger partial charge in [0.2, 0.25) is 0 Å². The van der Waals surface area contributed by atoms with Crippen LogP contribution in [0.3, 0.4) is 0 Å². The molecular formula is C13H25N3O. The van der Waals surface area contributed by atoms with Crippen molar-refractivity contribution in [3.8, 4) is 6.07 Å². The summed E-state index contributed by atoms with van der Waals surface area (Å²) < 4.78 is 5.13. The third kappa shape index (κ3) is 5.03. The van der Waals surface area contributed by atoms with Gasteiger partial charge in [-0.15, -0.1) is 0 Å². The summed E-state index contributed by atoms with van der Waals surface area (Å²) in [7, 11) is 1.72. The quantitative estimate of drug-likeness (QED) is 0.695. The average molecular weight is 239 g/mol. The van der Waals surface area contributed by atoms with E-state index in [0.29, 0.717) is 12.1 Å². The molecular weight excluding hydrogens is 214 g/mol. The maximum Gasteiger partial charge on any atom is 0.116 e. The van der Waals surface area contributed by atoms with Crippen LogP contribution in [0.25, 0.3) is 0 Å². The molecule has 1 rings (SSSR count). The van der Waals surface area contributed by atoms with Gasteiger partial charge in [0.15, 0.2) is 0 Å². The zero-order chi connectivity index (χ0) is 12.9. The van der Waals surface area contributed by atoms with Gasteiger partial charge in [-0.2, -0.15) is 5.26 Å². The lowest BCUT2D eigenvalue weighted by molar-refractivity contribution is 0.128. The van der Waals surface area contributed by atoms with Gasteiger partial charge in [0.25, 0.3) is 0 Å². The maximum atomic E-state index is 9.34. The molecule has 98 valence electrons. The average Bonchev–Trinajstić information content (AvgIpc) is 3.07. The second kappa shape index (κ2) is 6.34. The summed E-state index contributed by atoms with van der Waals surface area (Å²) in [6.07, 6.45) is 2.51. The predicted molar refractivity (Wildman–Crippen MR) is 68.8 cm³/mol. The Kier molecular flexibility index (Phi) is 5.38. The minimum atomic E-state index is -0.468. The Morgan fingerprint density at radius 1 is 1.53 bits per heavy atom. The van der Waals surface area contributed by atoms with Crippen molar-refractivity contribution in [2.75, 3.05) is 26.8 Å². The summed E-state index contributed by atoms with van der Waals surface area (Å²) in [5.74, 6) is 0. The molecule has 1 saturated carbocycles. The molecule has 0 aliphatic heterocycles. The summed E-state index contributed by atoms with van der Waals surface area (Å²) >= 11 is 0. The van der Waals surface area contributed by atoms with E-state index in [1.54, 1.807) is 7.11 Å². The Balaban J connectivity index is 2.53. The molecule has 0 aromatic heterocycles. The molecule has 1 aliphatic rings. The lowest BCUT2D eigenvalue weighted by Crippen LogP contribution is -2.53. The lowest BCUT2D eigenvalue weighted by Gasteiger charge is -2.32. The Bertz CT molecular complexity index is 270. The number of nitrogens with one attached hydrogen (secondary N) is 1. The zero-order valence-corrected chi connectivity index (χ0v) is 11.5. The van der Waals surface area contributed by atoms with Crippen LogP contribution in [-0.4, -0.2) is 49.3 Å². The highest BCUT2D eigenvalue weighted by atomic mass is 16.5. The summed E-state index contributed by atoms with van der Waals surface area (Å²) in [5.41, 5.74) is -0.468. The smallest absolute Gasteiger partial charge is 0.116 e. The fraction of sp³-hybridized carbons (Fsp3) is 0.923. The second-order valence-electron chi connectivity index (χ2n) is 5.44. The number of hydrogen-bond donors (Lipinski definition) is 1. The van der Waals surface area contributed by atoms with Gasteiger partial charge in [-0.3, -0.25) is 10.2 Å². The van der Waals surface area contributed by atoms with Gasteiger partial charge in [-0.25, -0.2) is 0 Å². The van der Waals surface area contributed by atoms with Crippen LogP contribution in [0.15, 0.2) is 0 Å². The molecule has 0 radical (unpaired) electrons. The number of nitrogens with zero attached hydrogens (tertiary/aromatic N) is 2.